The Morgan fingerprint density at radius 3 is 2.57 bits per heavy atom. The molecule has 1 aliphatic rings. The average Bonchev–Trinajstić information content (AvgIpc) is 2.35. The summed E-state index contributed by atoms with van der Waals surface area (Å²) in [5.74, 6) is -0.0967. The van der Waals surface area contributed by atoms with E-state index in [-0.39, 0.29) is 12.0 Å². The van der Waals surface area contributed by atoms with E-state index in [2.05, 4.69) is 21.2 Å². The third-order valence-corrected chi connectivity index (χ3v) is 5.12. The number of nitrogens with two attached hydrogens (primary N) is 1. The Morgan fingerprint density at radius 1 is 1.43 bits per heavy atom. The van der Waals surface area contributed by atoms with Crippen molar-refractivity contribution in [3.05, 3.63) is 33.3 Å². The van der Waals surface area contributed by atoms with Crippen molar-refractivity contribution in [2.45, 2.75) is 50.7 Å². The van der Waals surface area contributed by atoms with E-state index < -0.39 is 17.0 Å². The van der Waals surface area contributed by atoms with Crippen molar-refractivity contribution in [1.82, 2.24) is 5.32 Å². The van der Waals surface area contributed by atoms with Gasteiger partial charge in [-0.3, -0.25) is 4.79 Å². The van der Waals surface area contributed by atoms with Gasteiger partial charge in [0.1, 0.15) is 6.10 Å². The summed E-state index contributed by atoms with van der Waals surface area (Å²) in [6.45, 7) is 5.64. The van der Waals surface area contributed by atoms with E-state index >= 15 is 0 Å². The van der Waals surface area contributed by atoms with Crippen LogP contribution in [0.3, 0.4) is 0 Å². The molecule has 126 valence electrons. The van der Waals surface area contributed by atoms with E-state index in [4.69, 9.17) is 22.1 Å². The first-order valence-corrected chi connectivity index (χ1v) is 8.45. The van der Waals surface area contributed by atoms with E-state index in [0.717, 1.165) is 10.0 Å². The van der Waals surface area contributed by atoms with Crippen molar-refractivity contribution in [2.24, 2.45) is 5.73 Å². The number of primary amides is 1. The smallest absolute Gasteiger partial charge is 0.404 e. The highest BCUT2D eigenvalue weighted by atomic mass is 79.9. The predicted octanol–water partition coefficient (Wildman–Crippen LogP) is 3.51. The monoisotopic (exact) mass is 402 g/mol. The Kier molecular flexibility index (Phi) is 4.97. The van der Waals surface area contributed by atoms with Crippen molar-refractivity contribution < 1.29 is 14.3 Å². The molecular formula is C16H20BrClN2O3. The van der Waals surface area contributed by atoms with Crippen LogP contribution in [0.2, 0.25) is 5.02 Å². The molecule has 3 N–H and O–H groups in total. The number of carbonyl (C=O) groups excluding carboxylic acids is 2. The van der Waals surface area contributed by atoms with Crippen LogP contribution in [-0.2, 0) is 14.9 Å². The fraction of sp³-hybridized carbons (Fsp3) is 0.500. The molecule has 2 rings (SSSR count). The zero-order chi connectivity index (χ0) is 17.4. The van der Waals surface area contributed by atoms with Gasteiger partial charge in [0.05, 0.1) is 5.41 Å². The average molecular weight is 404 g/mol. The third kappa shape index (κ3) is 3.98. The van der Waals surface area contributed by atoms with Gasteiger partial charge in [0, 0.05) is 27.9 Å². The van der Waals surface area contributed by atoms with Crippen molar-refractivity contribution in [2.75, 3.05) is 0 Å². The molecule has 0 heterocycles. The molecule has 0 unspecified atom stereocenters. The van der Waals surface area contributed by atoms with Crippen molar-refractivity contribution in [3.63, 3.8) is 0 Å². The van der Waals surface area contributed by atoms with Gasteiger partial charge in [0.2, 0.25) is 5.91 Å². The lowest BCUT2D eigenvalue weighted by Gasteiger charge is -2.46. The maximum absolute atomic E-state index is 12.7. The van der Waals surface area contributed by atoms with Gasteiger partial charge in [0.15, 0.2) is 0 Å². The van der Waals surface area contributed by atoms with E-state index in [1.54, 1.807) is 12.1 Å². The lowest BCUT2D eigenvalue weighted by atomic mass is 9.74. The largest absolute Gasteiger partial charge is 0.446 e. The van der Waals surface area contributed by atoms with Gasteiger partial charge in [-0.25, -0.2) is 4.79 Å². The number of halogens is 2. The number of hydrogen-bond donors (Lipinski definition) is 2. The van der Waals surface area contributed by atoms with Gasteiger partial charge in [-0.1, -0.05) is 33.6 Å². The van der Waals surface area contributed by atoms with Crippen LogP contribution >= 0.6 is 27.5 Å². The number of carbonyl (C=O) groups is 2. The summed E-state index contributed by atoms with van der Waals surface area (Å²) in [5, 5.41) is 3.66. The molecule has 1 aromatic carbocycles. The molecule has 0 aliphatic heterocycles. The minimum absolute atomic E-state index is 0.0967. The number of ether oxygens (including phenoxy) is 1. The molecule has 1 fully saturated rings. The van der Waals surface area contributed by atoms with E-state index in [1.807, 2.05) is 26.8 Å². The molecule has 0 radical (unpaired) electrons. The van der Waals surface area contributed by atoms with Crippen molar-refractivity contribution >= 4 is 39.5 Å². The molecule has 23 heavy (non-hydrogen) atoms. The maximum Gasteiger partial charge on any atom is 0.404 e. The second-order valence-electron chi connectivity index (χ2n) is 6.73. The molecule has 1 saturated carbocycles. The van der Waals surface area contributed by atoms with Crippen molar-refractivity contribution in [3.8, 4) is 0 Å². The van der Waals surface area contributed by atoms with Gasteiger partial charge >= 0.3 is 6.09 Å². The lowest BCUT2D eigenvalue weighted by molar-refractivity contribution is -0.130. The van der Waals surface area contributed by atoms with Crippen LogP contribution in [0.4, 0.5) is 4.79 Å². The molecule has 0 spiro atoms. The molecule has 7 heteroatoms. The molecule has 0 atom stereocenters. The Hall–Kier alpha value is -1.27. The van der Waals surface area contributed by atoms with Gasteiger partial charge < -0.3 is 15.8 Å². The minimum atomic E-state index is -0.784. The zero-order valence-electron chi connectivity index (χ0n) is 13.3. The van der Waals surface area contributed by atoms with Gasteiger partial charge in [-0.2, -0.15) is 0 Å². The first-order chi connectivity index (χ1) is 10.5. The van der Waals surface area contributed by atoms with Crippen LogP contribution in [0.1, 0.15) is 39.2 Å². The molecule has 2 amide bonds. The first kappa shape index (κ1) is 18.1. The Morgan fingerprint density at radius 2 is 2.04 bits per heavy atom. The van der Waals surface area contributed by atoms with Crippen LogP contribution in [0.15, 0.2) is 22.7 Å². The molecule has 1 aromatic rings. The van der Waals surface area contributed by atoms with E-state index in [1.165, 1.54) is 0 Å². The molecule has 0 aromatic heterocycles. The van der Waals surface area contributed by atoms with Gasteiger partial charge in [0.25, 0.3) is 0 Å². The molecule has 0 bridgehead atoms. The number of amides is 2. The highest BCUT2D eigenvalue weighted by Crippen LogP contribution is 2.37. The Balaban J connectivity index is 2.06. The molecule has 5 nitrogen and oxygen atoms in total. The van der Waals surface area contributed by atoms with Crippen LogP contribution in [0.5, 0.6) is 0 Å². The summed E-state index contributed by atoms with van der Waals surface area (Å²) in [6.07, 6.45) is 0.0935. The zero-order valence-corrected chi connectivity index (χ0v) is 15.6. The normalized spacial score (nSPS) is 23.8. The van der Waals surface area contributed by atoms with Gasteiger partial charge in [-0.15, -0.1) is 0 Å². The summed E-state index contributed by atoms with van der Waals surface area (Å²) in [5.41, 5.74) is 4.73. The van der Waals surface area contributed by atoms with E-state index in [9.17, 15) is 9.59 Å². The molecule has 1 aliphatic carbocycles. The van der Waals surface area contributed by atoms with Crippen LogP contribution in [0, 0.1) is 0 Å². The number of rotatable bonds is 4. The Bertz CT molecular complexity index is 642. The standard InChI is InChI=1S/C16H20BrClN2O3/c1-15(2,11-5-4-9(18)6-12(11)17)13(21)20-16(3)7-10(8-16)23-14(19)22/h4-6,10H,7-8H2,1-3H3,(H2,19,22)(H,20,21). The summed E-state index contributed by atoms with van der Waals surface area (Å²) >= 11 is 9.42. The quantitative estimate of drug-likeness (QED) is 0.807. The topological polar surface area (TPSA) is 81.4 Å². The second-order valence-corrected chi connectivity index (χ2v) is 8.02. The fourth-order valence-electron chi connectivity index (χ4n) is 2.84. The lowest BCUT2D eigenvalue weighted by Crippen LogP contribution is -2.61. The summed E-state index contributed by atoms with van der Waals surface area (Å²) in [4.78, 5) is 23.5. The van der Waals surface area contributed by atoms with E-state index in [0.29, 0.717) is 17.9 Å². The second kappa shape index (κ2) is 6.32. The first-order valence-electron chi connectivity index (χ1n) is 7.28. The van der Waals surface area contributed by atoms with Crippen molar-refractivity contribution in [1.29, 1.82) is 0 Å². The number of nitrogens with one attached hydrogen (secondary N) is 1. The van der Waals surface area contributed by atoms with Crippen LogP contribution in [0.25, 0.3) is 0 Å². The van der Waals surface area contributed by atoms with Crippen LogP contribution in [-0.4, -0.2) is 23.6 Å². The maximum atomic E-state index is 12.7. The number of benzene rings is 1. The fourth-order valence-corrected chi connectivity index (χ4v) is 4.02. The minimum Gasteiger partial charge on any atom is -0.446 e. The predicted molar refractivity (Wildman–Crippen MR) is 92.4 cm³/mol. The summed E-state index contributed by atoms with van der Waals surface area (Å²) < 4.78 is 5.72. The molecule has 0 saturated heterocycles. The molecular weight excluding hydrogens is 384 g/mol. The Labute approximate surface area is 149 Å². The summed E-state index contributed by atoms with van der Waals surface area (Å²) in [6, 6.07) is 5.38. The highest BCUT2D eigenvalue weighted by Gasteiger charge is 2.46. The summed E-state index contributed by atoms with van der Waals surface area (Å²) in [7, 11) is 0. The van der Waals surface area contributed by atoms with Crippen LogP contribution < -0.4 is 11.1 Å². The number of hydrogen-bond acceptors (Lipinski definition) is 3. The SMILES string of the molecule is CC1(NC(=O)C(C)(C)c2ccc(Cl)cc2Br)CC(OC(N)=O)C1. The van der Waals surface area contributed by atoms with Gasteiger partial charge in [-0.05, 0) is 38.5 Å². The highest BCUT2D eigenvalue weighted by molar-refractivity contribution is 9.10. The third-order valence-electron chi connectivity index (χ3n) is 4.23.